The predicted octanol–water partition coefficient (Wildman–Crippen LogP) is 5.73. The molecule has 0 amide bonds. The van der Waals surface area contributed by atoms with Gasteiger partial charge in [-0.25, -0.2) is 9.78 Å². The van der Waals surface area contributed by atoms with Gasteiger partial charge in [-0.15, -0.1) is 0 Å². The molecule has 0 saturated carbocycles. The molecule has 0 bridgehead atoms. The number of carboxylic acids is 1. The standard InChI is InChI=1S/C26H23N3O4.C2HF3O2/c1-31-18-10-4-15(5-11-18)12-21-24-19-13-22(32-2)23(33-3)14-20(19)25(27-26(24)29-28-21)16-6-8-17(30)9-7-16;3-2(4,5)1(6)7/h4-11,13-14,30H,12H2,1-3H3,(H,27,28,29);(H,6,7). The van der Waals surface area contributed by atoms with Gasteiger partial charge in [0.05, 0.1) is 38.1 Å². The Morgan fingerprint density at radius 3 is 2.00 bits per heavy atom. The molecule has 3 N–H and O–H groups in total. The van der Waals surface area contributed by atoms with Crippen LogP contribution >= 0.6 is 0 Å². The minimum absolute atomic E-state index is 0.201. The summed E-state index contributed by atoms with van der Waals surface area (Å²) in [5.74, 6) is -0.496. The van der Waals surface area contributed by atoms with Crippen LogP contribution in [0.25, 0.3) is 33.1 Å². The molecule has 3 aromatic carbocycles. The average molecular weight is 556 g/mol. The normalized spacial score (nSPS) is 11.2. The quantitative estimate of drug-likeness (QED) is 0.242. The number of rotatable bonds is 6. The Labute approximate surface area is 225 Å². The van der Waals surface area contributed by atoms with E-state index in [4.69, 9.17) is 29.1 Å². The molecule has 0 fully saturated rings. The lowest BCUT2D eigenvalue weighted by molar-refractivity contribution is -0.192. The van der Waals surface area contributed by atoms with Crippen molar-refractivity contribution in [3.8, 4) is 34.3 Å². The fraction of sp³-hybridized carbons (Fsp3) is 0.179. The van der Waals surface area contributed by atoms with E-state index in [0.717, 1.165) is 44.4 Å². The van der Waals surface area contributed by atoms with E-state index >= 15 is 0 Å². The molecule has 2 heterocycles. The Morgan fingerprint density at radius 2 is 1.48 bits per heavy atom. The van der Waals surface area contributed by atoms with Crippen LogP contribution < -0.4 is 14.2 Å². The number of alkyl halides is 3. The number of ether oxygens (including phenoxy) is 3. The second kappa shape index (κ2) is 11.4. The Kier molecular flexibility index (Phi) is 7.98. The fourth-order valence-corrected chi connectivity index (χ4v) is 4.09. The van der Waals surface area contributed by atoms with E-state index in [9.17, 15) is 18.3 Å². The lowest BCUT2D eigenvalue weighted by Gasteiger charge is -2.13. The highest BCUT2D eigenvalue weighted by Gasteiger charge is 2.38. The molecular weight excluding hydrogens is 531 g/mol. The second-order valence-corrected chi connectivity index (χ2v) is 8.48. The maximum atomic E-state index is 10.6. The molecule has 0 atom stereocenters. The molecular formula is C28H24F3N3O6. The third-order valence-corrected chi connectivity index (χ3v) is 6.01. The maximum absolute atomic E-state index is 10.6. The number of fused-ring (bicyclic) bond motifs is 3. The van der Waals surface area contributed by atoms with Crippen molar-refractivity contribution >= 4 is 27.8 Å². The van der Waals surface area contributed by atoms with E-state index in [2.05, 4.69) is 10.2 Å². The summed E-state index contributed by atoms with van der Waals surface area (Å²) in [7, 11) is 4.89. The molecule has 0 saturated heterocycles. The molecule has 0 spiro atoms. The van der Waals surface area contributed by atoms with Crippen LogP contribution in [0.2, 0.25) is 0 Å². The van der Waals surface area contributed by atoms with Crippen molar-refractivity contribution < 1.29 is 42.4 Å². The van der Waals surface area contributed by atoms with Crippen molar-refractivity contribution in [3.63, 3.8) is 0 Å². The molecule has 9 nitrogen and oxygen atoms in total. The number of benzene rings is 3. The largest absolute Gasteiger partial charge is 0.508 e. The Balaban J connectivity index is 0.000000470. The number of nitrogens with one attached hydrogen (secondary N) is 1. The minimum atomic E-state index is -5.08. The van der Waals surface area contributed by atoms with Crippen LogP contribution in [0.4, 0.5) is 13.2 Å². The third kappa shape index (κ3) is 5.85. The first-order chi connectivity index (χ1) is 19.0. The molecule has 5 aromatic rings. The number of hydrogen-bond acceptors (Lipinski definition) is 7. The third-order valence-electron chi connectivity index (χ3n) is 6.01. The van der Waals surface area contributed by atoms with Gasteiger partial charge in [0.1, 0.15) is 11.5 Å². The number of nitrogens with zero attached hydrogens (tertiary/aromatic N) is 2. The summed E-state index contributed by atoms with van der Waals surface area (Å²) in [5.41, 5.74) is 4.32. The number of carbonyl (C=O) groups is 1. The van der Waals surface area contributed by atoms with Gasteiger partial charge in [0.25, 0.3) is 0 Å². The molecule has 208 valence electrons. The number of methoxy groups -OCH3 is 3. The van der Waals surface area contributed by atoms with Crippen molar-refractivity contribution in [2.24, 2.45) is 0 Å². The SMILES string of the molecule is COc1ccc(Cc2n[nH]c3nc(-c4ccc(O)cc4)c4cc(OC)c(OC)cc4c23)cc1.O=C(O)C(F)(F)F. The number of aromatic amines is 1. The lowest BCUT2D eigenvalue weighted by Crippen LogP contribution is -2.21. The molecule has 0 aliphatic carbocycles. The number of H-pyrrole nitrogens is 1. The van der Waals surface area contributed by atoms with Gasteiger partial charge in [-0.1, -0.05) is 12.1 Å². The summed E-state index contributed by atoms with van der Waals surface area (Å²) in [6, 6.07) is 18.8. The van der Waals surface area contributed by atoms with Gasteiger partial charge in [0.2, 0.25) is 0 Å². The Morgan fingerprint density at radius 1 is 0.900 bits per heavy atom. The van der Waals surface area contributed by atoms with Crippen LogP contribution in [0.1, 0.15) is 11.3 Å². The Bertz CT molecular complexity index is 1650. The number of aromatic nitrogens is 3. The molecule has 0 aliphatic rings. The van der Waals surface area contributed by atoms with Gasteiger partial charge in [0, 0.05) is 22.8 Å². The molecule has 0 aliphatic heterocycles. The summed E-state index contributed by atoms with van der Waals surface area (Å²) in [5, 5.41) is 27.4. The van der Waals surface area contributed by atoms with Gasteiger partial charge in [-0.2, -0.15) is 18.3 Å². The summed E-state index contributed by atoms with van der Waals surface area (Å²) < 4.78 is 48.2. The second-order valence-electron chi connectivity index (χ2n) is 8.48. The van der Waals surface area contributed by atoms with Crippen LogP contribution in [0, 0.1) is 0 Å². The van der Waals surface area contributed by atoms with Crippen LogP contribution in [0.5, 0.6) is 23.0 Å². The van der Waals surface area contributed by atoms with Crippen molar-refractivity contribution in [2.45, 2.75) is 12.6 Å². The lowest BCUT2D eigenvalue weighted by atomic mass is 9.98. The number of halogens is 3. The number of phenols is 1. The van der Waals surface area contributed by atoms with E-state index in [1.165, 1.54) is 0 Å². The smallest absolute Gasteiger partial charge is 0.490 e. The zero-order chi connectivity index (χ0) is 29.0. The van der Waals surface area contributed by atoms with E-state index in [-0.39, 0.29) is 5.75 Å². The molecule has 0 radical (unpaired) electrons. The molecule has 40 heavy (non-hydrogen) atoms. The molecule has 12 heteroatoms. The number of carboxylic acid groups (broad SMARTS) is 1. The first kappa shape index (κ1) is 28.0. The van der Waals surface area contributed by atoms with Crippen molar-refractivity contribution in [1.29, 1.82) is 0 Å². The zero-order valence-electron chi connectivity index (χ0n) is 21.5. The predicted molar refractivity (Wildman–Crippen MR) is 141 cm³/mol. The van der Waals surface area contributed by atoms with Crippen LogP contribution in [-0.4, -0.2) is 58.9 Å². The average Bonchev–Trinajstić information content (AvgIpc) is 3.35. The van der Waals surface area contributed by atoms with E-state index in [1.54, 1.807) is 33.5 Å². The minimum Gasteiger partial charge on any atom is -0.508 e. The zero-order valence-corrected chi connectivity index (χ0v) is 21.5. The van der Waals surface area contributed by atoms with Crippen molar-refractivity contribution in [2.75, 3.05) is 21.3 Å². The molecule has 2 aromatic heterocycles. The topological polar surface area (TPSA) is 127 Å². The number of pyridine rings is 1. The highest BCUT2D eigenvalue weighted by Crippen LogP contribution is 2.40. The summed E-state index contributed by atoms with van der Waals surface area (Å²) in [4.78, 5) is 13.8. The number of aliphatic carboxylic acids is 1. The highest BCUT2D eigenvalue weighted by molar-refractivity contribution is 6.12. The van der Waals surface area contributed by atoms with Crippen LogP contribution in [0.3, 0.4) is 0 Å². The van der Waals surface area contributed by atoms with Gasteiger partial charge in [-0.05, 0) is 54.1 Å². The maximum Gasteiger partial charge on any atom is 0.490 e. The van der Waals surface area contributed by atoms with Crippen molar-refractivity contribution in [1.82, 2.24) is 15.2 Å². The first-order valence-corrected chi connectivity index (χ1v) is 11.7. The van der Waals surface area contributed by atoms with E-state index in [0.29, 0.717) is 23.6 Å². The molecule has 5 rings (SSSR count). The van der Waals surface area contributed by atoms with E-state index < -0.39 is 12.1 Å². The van der Waals surface area contributed by atoms with Crippen molar-refractivity contribution in [3.05, 3.63) is 71.9 Å². The first-order valence-electron chi connectivity index (χ1n) is 11.7. The van der Waals surface area contributed by atoms with Gasteiger partial charge >= 0.3 is 12.1 Å². The Hall–Kier alpha value is -5.00. The van der Waals surface area contributed by atoms with Gasteiger partial charge in [0.15, 0.2) is 17.1 Å². The molecule has 0 unspecified atom stereocenters. The fourth-order valence-electron chi connectivity index (χ4n) is 4.09. The van der Waals surface area contributed by atoms with E-state index in [1.807, 2.05) is 48.5 Å². The monoisotopic (exact) mass is 555 g/mol. The van der Waals surface area contributed by atoms with Gasteiger partial charge in [-0.3, -0.25) is 5.10 Å². The van der Waals surface area contributed by atoms with Gasteiger partial charge < -0.3 is 24.4 Å². The summed E-state index contributed by atoms with van der Waals surface area (Å²) in [6.45, 7) is 0. The number of phenolic OH excluding ortho intramolecular Hbond substituents is 1. The number of hydrogen-bond donors (Lipinski definition) is 3. The summed E-state index contributed by atoms with van der Waals surface area (Å²) in [6.07, 6.45) is -4.45. The van der Waals surface area contributed by atoms with Crippen LogP contribution in [-0.2, 0) is 11.2 Å². The highest BCUT2D eigenvalue weighted by atomic mass is 19.4. The van der Waals surface area contributed by atoms with Crippen LogP contribution in [0.15, 0.2) is 60.7 Å². The number of aromatic hydroxyl groups is 1. The summed E-state index contributed by atoms with van der Waals surface area (Å²) >= 11 is 0.